The van der Waals surface area contributed by atoms with Crippen LogP contribution in [-0.2, 0) is 14.9 Å². The molecule has 0 saturated carbocycles. The van der Waals surface area contributed by atoms with Gasteiger partial charge in [0.1, 0.15) is 0 Å². The minimum Gasteiger partial charge on any atom is -0.380 e. The smallest absolute Gasteiger partial charge is 0.281 e. The molecule has 1 spiro atoms. The Hall–Kier alpha value is -0.210. The van der Waals surface area contributed by atoms with Crippen molar-refractivity contribution in [2.75, 3.05) is 47.4 Å². The van der Waals surface area contributed by atoms with E-state index in [4.69, 9.17) is 4.74 Å². The van der Waals surface area contributed by atoms with Gasteiger partial charge in [0.05, 0.1) is 6.61 Å². The summed E-state index contributed by atoms with van der Waals surface area (Å²) in [4.78, 5) is 2.45. The van der Waals surface area contributed by atoms with Crippen molar-refractivity contribution in [3.63, 3.8) is 0 Å². The van der Waals surface area contributed by atoms with Gasteiger partial charge in [-0.15, -0.1) is 0 Å². The molecule has 1 atom stereocenters. The number of hydrogen-bond donors (Lipinski definition) is 0. The lowest BCUT2D eigenvalue weighted by Gasteiger charge is -2.44. The number of ether oxygens (including phenoxy) is 1. The molecule has 2 fully saturated rings. The van der Waals surface area contributed by atoms with Gasteiger partial charge in [0.15, 0.2) is 0 Å². The Balaban J connectivity index is 1.97. The molecule has 6 nitrogen and oxygen atoms in total. The van der Waals surface area contributed by atoms with E-state index < -0.39 is 10.2 Å². The van der Waals surface area contributed by atoms with Crippen molar-refractivity contribution in [1.82, 2.24) is 13.5 Å². The number of piperidine rings is 1. The molecular formula is C14H29N3O3S. The van der Waals surface area contributed by atoms with E-state index in [2.05, 4.69) is 11.9 Å². The van der Waals surface area contributed by atoms with Gasteiger partial charge in [0.25, 0.3) is 10.2 Å². The third kappa shape index (κ3) is 3.27. The number of nitrogens with zero attached hydrogens (tertiary/aromatic N) is 3. The normalized spacial score (nSPS) is 27.8. The summed E-state index contributed by atoms with van der Waals surface area (Å²) >= 11 is 0. The predicted octanol–water partition coefficient (Wildman–Crippen LogP) is 0.758. The van der Waals surface area contributed by atoms with Gasteiger partial charge in [-0.2, -0.15) is 17.0 Å². The van der Waals surface area contributed by atoms with Gasteiger partial charge < -0.3 is 4.74 Å². The van der Waals surface area contributed by atoms with Gasteiger partial charge in [-0.25, -0.2) is 0 Å². The first-order valence-electron chi connectivity index (χ1n) is 7.82. The molecule has 7 heteroatoms. The summed E-state index contributed by atoms with van der Waals surface area (Å²) in [5.41, 5.74) is 0.167. The van der Waals surface area contributed by atoms with E-state index in [0.29, 0.717) is 19.1 Å². The van der Waals surface area contributed by atoms with Gasteiger partial charge in [-0.1, -0.05) is 0 Å². The van der Waals surface area contributed by atoms with E-state index in [1.807, 2.05) is 6.92 Å². The van der Waals surface area contributed by atoms with Gasteiger partial charge in [0.2, 0.25) is 0 Å². The van der Waals surface area contributed by atoms with Crippen LogP contribution in [0.3, 0.4) is 0 Å². The highest BCUT2D eigenvalue weighted by Crippen LogP contribution is 2.41. The van der Waals surface area contributed by atoms with Gasteiger partial charge in [-0.3, -0.25) is 4.90 Å². The lowest BCUT2D eigenvalue weighted by molar-refractivity contribution is 0.0338. The van der Waals surface area contributed by atoms with Gasteiger partial charge in [0, 0.05) is 45.4 Å². The van der Waals surface area contributed by atoms with E-state index in [9.17, 15) is 8.42 Å². The van der Waals surface area contributed by atoms with Crippen LogP contribution in [0.5, 0.6) is 0 Å². The van der Waals surface area contributed by atoms with Crippen LogP contribution in [0.2, 0.25) is 0 Å². The van der Waals surface area contributed by atoms with Crippen LogP contribution in [-0.4, -0.2) is 81.0 Å². The summed E-state index contributed by atoms with van der Waals surface area (Å²) in [5, 5.41) is 0. The van der Waals surface area contributed by atoms with Crippen LogP contribution >= 0.6 is 0 Å². The topological polar surface area (TPSA) is 53.1 Å². The Morgan fingerprint density at radius 1 is 1.24 bits per heavy atom. The van der Waals surface area contributed by atoms with Crippen LogP contribution in [0.4, 0.5) is 0 Å². The first-order chi connectivity index (χ1) is 9.83. The third-order valence-electron chi connectivity index (χ3n) is 5.19. The molecule has 0 N–H and O–H groups in total. The Kier molecular flexibility index (Phi) is 5.31. The molecule has 2 rings (SSSR count). The molecule has 0 aromatic heterocycles. The number of likely N-dealkylation sites (tertiary alicyclic amines) is 1. The lowest BCUT2D eigenvalue weighted by Crippen LogP contribution is -2.55. The van der Waals surface area contributed by atoms with E-state index >= 15 is 0 Å². The molecule has 0 aromatic carbocycles. The Bertz CT molecular complexity index is 444. The SMILES string of the molecule is CCOC[C@@H]1CCC2(CCN(S(=O)(=O)N(C)C)CC2)N1C. The summed E-state index contributed by atoms with van der Waals surface area (Å²) in [6.45, 7) is 4.80. The number of rotatable bonds is 5. The molecule has 124 valence electrons. The fourth-order valence-electron chi connectivity index (χ4n) is 3.61. The molecule has 2 aliphatic heterocycles. The third-order valence-corrected chi connectivity index (χ3v) is 7.13. The summed E-state index contributed by atoms with van der Waals surface area (Å²) < 4.78 is 32.9. The highest BCUT2D eigenvalue weighted by atomic mass is 32.2. The second-order valence-electron chi connectivity index (χ2n) is 6.38. The molecule has 0 bridgehead atoms. The summed E-state index contributed by atoms with van der Waals surface area (Å²) in [7, 11) is 2.10. The maximum atomic E-state index is 12.2. The average molecular weight is 319 g/mol. The summed E-state index contributed by atoms with van der Waals surface area (Å²) in [6.07, 6.45) is 4.13. The van der Waals surface area contributed by atoms with Gasteiger partial charge in [-0.05, 0) is 39.7 Å². The fourth-order valence-corrected chi connectivity index (χ4v) is 4.71. The first kappa shape index (κ1) is 17.1. The number of hydrogen-bond acceptors (Lipinski definition) is 4. The quantitative estimate of drug-likeness (QED) is 0.751. The Labute approximate surface area is 129 Å². The first-order valence-corrected chi connectivity index (χ1v) is 9.21. The second kappa shape index (κ2) is 6.50. The largest absolute Gasteiger partial charge is 0.380 e. The van der Waals surface area contributed by atoms with Crippen molar-refractivity contribution in [2.45, 2.75) is 44.2 Å². The fraction of sp³-hybridized carbons (Fsp3) is 1.00. The molecule has 2 heterocycles. The van der Waals surface area contributed by atoms with Crippen molar-refractivity contribution in [3.8, 4) is 0 Å². The lowest BCUT2D eigenvalue weighted by atomic mass is 9.86. The zero-order chi connectivity index (χ0) is 15.7. The van der Waals surface area contributed by atoms with Crippen molar-refractivity contribution in [3.05, 3.63) is 0 Å². The van der Waals surface area contributed by atoms with Crippen LogP contribution < -0.4 is 0 Å². The average Bonchev–Trinajstić information content (AvgIpc) is 2.74. The second-order valence-corrected chi connectivity index (χ2v) is 8.52. The standard InChI is InChI=1S/C14H29N3O3S/c1-5-20-12-13-6-7-14(16(13)4)8-10-17(11-9-14)21(18,19)15(2)3/h13H,5-12H2,1-4H3/t13-/m0/s1. The molecule has 0 unspecified atom stereocenters. The van der Waals surface area contributed by atoms with Crippen LogP contribution in [0.1, 0.15) is 32.6 Å². The van der Waals surface area contributed by atoms with E-state index in [-0.39, 0.29) is 5.54 Å². The van der Waals surface area contributed by atoms with Crippen molar-refractivity contribution >= 4 is 10.2 Å². The molecule has 0 aliphatic carbocycles. The summed E-state index contributed by atoms with van der Waals surface area (Å²) in [6, 6.07) is 0.474. The van der Waals surface area contributed by atoms with Crippen molar-refractivity contribution < 1.29 is 13.2 Å². The zero-order valence-corrected chi connectivity index (χ0v) is 14.5. The van der Waals surface area contributed by atoms with Gasteiger partial charge >= 0.3 is 0 Å². The van der Waals surface area contributed by atoms with E-state index in [0.717, 1.165) is 38.9 Å². The molecule has 0 radical (unpaired) electrons. The monoisotopic (exact) mass is 319 g/mol. The highest BCUT2D eigenvalue weighted by molar-refractivity contribution is 7.86. The molecule has 0 aromatic rings. The van der Waals surface area contributed by atoms with E-state index in [1.54, 1.807) is 18.4 Å². The Morgan fingerprint density at radius 3 is 2.38 bits per heavy atom. The van der Waals surface area contributed by atoms with Crippen LogP contribution in [0.15, 0.2) is 0 Å². The minimum atomic E-state index is -3.27. The Morgan fingerprint density at radius 2 is 1.86 bits per heavy atom. The summed E-state index contributed by atoms with van der Waals surface area (Å²) in [5.74, 6) is 0. The minimum absolute atomic E-state index is 0.167. The van der Waals surface area contributed by atoms with Crippen molar-refractivity contribution in [2.24, 2.45) is 0 Å². The molecule has 2 saturated heterocycles. The maximum absolute atomic E-state index is 12.2. The van der Waals surface area contributed by atoms with Crippen LogP contribution in [0, 0.1) is 0 Å². The van der Waals surface area contributed by atoms with E-state index in [1.165, 1.54) is 4.31 Å². The van der Waals surface area contributed by atoms with Crippen molar-refractivity contribution in [1.29, 1.82) is 0 Å². The zero-order valence-electron chi connectivity index (χ0n) is 13.7. The maximum Gasteiger partial charge on any atom is 0.281 e. The molecule has 0 amide bonds. The highest BCUT2D eigenvalue weighted by Gasteiger charge is 2.47. The number of likely N-dealkylation sites (N-methyl/N-ethyl adjacent to an activating group) is 1. The van der Waals surface area contributed by atoms with Crippen LogP contribution in [0.25, 0.3) is 0 Å². The molecule has 21 heavy (non-hydrogen) atoms. The molecule has 2 aliphatic rings. The predicted molar refractivity (Wildman–Crippen MR) is 83.4 cm³/mol. The molecular weight excluding hydrogens is 290 g/mol.